The van der Waals surface area contributed by atoms with Gasteiger partial charge in [0, 0.05) is 17.2 Å². The fourth-order valence-electron chi connectivity index (χ4n) is 1.80. The van der Waals surface area contributed by atoms with E-state index in [1.54, 1.807) is 18.2 Å². The van der Waals surface area contributed by atoms with Crippen molar-refractivity contribution in [3.63, 3.8) is 0 Å². The summed E-state index contributed by atoms with van der Waals surface area (Å²) in [5.41, 5.74) is 6.78. The molecule has 0 fully saturated rings. The Morgan fingerprint density at radius 2 is 1.71 bits per heavy atom. The molecule has 0 unspecified atom stereocenters. The molecule has 2 N–H and O–H groups in total. The Labute approximate surface area is 123 Å². The zero-order valence-electron chi connectivity index (χ0n) is 10.5. The molecular formula is C14H8ClF2N3O. The van der Waals surface area contributed by atoms with Gasteiger partial charge in [0.2, 0.25) is 5.82 Å². The lowest BCUT2D eigenvalue weighted by Crippen LogP contribution is -1.87. The summed E-state index contributed by atoms with van der Waals surface area (Å²) >= 11 is 5.92. The van der Waals surface area contributed by atoms with Crippen LogP contribution in [0.2, 0.25) is 5.02 Å². The molecule has 4 nitrogen and oxygen atoms in total. The van der Waals surface area contributed by atoms with Gasteiger partial charge in [0.25, 0.3) is 5.89 Å². The zero-order chi connectivity index (χ0) is 15.0. The summed E-state index contributed by atoms with van der Waals surface area (Å²) in [7, 11) is 0. The van der Waals surface area contributed by atoms with Gasteiger partial charge >= 0.3 is 0 Å². The molecule has 0 saturated heterocycles. The average Bonchev–Trinajstić information content (AvgIpc) is 2.90. The number of hydrogen-bond donors (Lipinski definition) is 1. The molecule has 0 spiro atoms. The minimum Gasteiger partial charge on any atom is -0.398 e. The lowest BCUT2D eigenvalue weighted by Gasteiger charge is -1.98. The lowest BCUT2D eigenvalue weighted by molar-refractivity contribution is 0.432. The SMILES string of the molecule is Nc1ccc(-c2nc(-c3cc(F)cc(F)c3)no2)cc1Cl. The highest BCUT2D eigenvalue weighted by Gasteiger charge is 2.13. The normalized spacial score (nSPS) is 10.8. The first-order chi connectivity index (χ1) is 10.0. The summed E-state index contributed by atoms with van der Waals surface area (Å²) < 4.78 is 31.4. The zero-order valence-corrected chi connectivity index (χ0v) is 11.2. The molecule has 21 heavy (non-hydrogen) atoms. The predicted octanol–water partition coefficient (Wildman–Crippen LogP) is 3.92. The Balaban J connectivity index is 2.01. The summed E-state index contributed by atoms with van der Waals surface area (Å²) in [5, 5.41) is 4.05. The molecule has 0 aliphatic heterocycles. The molecule has 7 heteroatoms. The van der Waals surface area contributed by atoms with E-state index in [4.69, 9.17) is 21.9 Å². The molecule has 0 saturated carbocycles. The van der Waals surface area contributed by atoms with Crippen molar-refractivity contribution in [2.75, 3.05) is 5.73 Å². The Hall–Kier alpha value is -2.47. The molecular weight excluding hydrogens is 300 g/mol. The minimum absolute atomic E-state index is 0.0800. The summed E-state index contributed by atoms with van der Waals surface area (Å²) in [5.74, 6) is -1.17. The molecule has 0 aliphatic carbocycles. The number of nitrogens with two attached hydrogens (primary N) is 1. The molecule has 0 atom stereocenters. The maximum atomic E-state index is 13.2. The van der Waals surface area contributed by atoms with Gasteiger partial charge in [-0.15, -0.1) is 0 Å². The van der Waals surface area contributed by atoms with Crippen LogP contribution in [0.25, 0.3) is 22.8 Å². The van der Waals surface area contributed by atoms with Gasteiger partial charge in [0.1, 0.15) is 11.6 Å². The smallest absolute Gasteiger partial charge is 0.258 e. The summed E-state index contributed by atoms with van der Waals surface area (Å²) in [6.45, 7) is 0. The number of aromatic nitrogens is 2. The first-order valence-electron chi connectivity index (χ1n) is 5.88. The van der Waals surface area contributed by atoms with Crippen LogP contribution in [-0.2, 0) is 0 Å². The molecule has 0 bridgehead atoms. The van der Waals surface area contributed by atoms with Gasteiger partial charge in [-0.2, -0.15) is 4.98 Å². The molecule has 1 aromatic heterocycles. The maximum absolute atomic E-state index is 13.2. The van der Waals surface area contributed by atoms with Crippen molar-refractivity contribution in [3.8, 4) is 22.8 Å². The van der Waals surface area contributed by atoms with Crippen LogP contribution in [0.15, 0.2) is 40.9 Å². The van der Waals surface area contributed by atoms with Gasteiger partial charge in [-0.05, 0) is 30.3 Å². The third-order valence-electron chi connectivity index (χ3n) is 2.79. The van der Waals surface area contributed by atoms with E-state index < -0.39 is 11.6 Å². The second-order valence-electron chi connectivity index (χ2n) is 4.32. The topological polar surface area (TPSA) is 64.9 Å². The largest absolute Gasteiger partial charge is 0.398 e. The van der Waals surface area contributed by atoms with E-state index in [2.05, 4.69) is 10.1 Å². The first-order valence-corrected chi connectivity index (χ1v) is 6.26. The first kappa shape index (κ1) is 13.5. The van der Waals surface area contributed by atoms with Gasteiger partial charge in [-0.1, -0.05) is 16.8 Å². The third kappa shape index (κ3) is 2.71. The molecule has 0 aliphatic rings. The monoisotopic (exact) mass is 307 g/mol. The number of nitrogen functional groups attached to an aromatic ring is 1. The molecule has 1 heterocycles. The van der Waals surface area contributed by atoms with Crippen LogP contribution < -0.4 is 5.73 Å². The second-order valence-corrected chi connectivity index (χ2v) is 4.72. The number of rotatable bonds is 2. The number of hydrogen-bond acceptors (Lipinski definition) is 4. The lowest BCUT2D eigenvalue weighted by atomic mass is 10.2. The highest BCUT2D eigenvalue weighted by molar-refractivity contribution is 6.33. The van der Waals surface area contributed by atoms with Crippen molar-refractivity contribution >= 4 is 17.3 Å². The number of nitrogens with zero attached hydrogens (tertiary/aromatic N) is 2. The summed E-state index contributed by atoms with van der Waals surface area (Å²) in [4.78, 5) is 4.09. The molecule has 3 aromatic rings. The van der Waals surface area contributed by atoms with Crippen molar-refractivity contribution < 1.29 is 13.3 Å². The number of benzene rings is 2. The van der Waals surface area contributed by atoms with Gasteiger partial charge in [-0.3, -0.25) is 0 Å². The van der Waals surface area contributed by atoms with Gasteiger partial charge in [-0.25, -0.2) is 8.78 Å². The number of anilines is 1. The molecule has 3 rings (SSSR count). The van der Waals surface area contributed by atoms with E-state index in [1.807, 2.05) is 0 Å². The van der Waals surface area contributed by atoms with E-state index in [-0.39, 0.29) is 17.3 Å². The Kier molecular flexibility index (Phi) is 3.31. The van der Waals surface area contributed by atoms with Crippen LogP contribution in [0, 0.1) is 11.6 Å². The van der Waals surface area contributed by atoms with Gasteiger partial charge < -0.3 is 10.3 Å². The van der Waals surface area contributed by atoms with Crippen LogP contribution in [0.4, 0.5) is 14.5 Å². The molecule has 0 radical (unpaired) electrons. The Morgan fingerprint density at radius 1 is 1.00 bits per heavy atom. The molecule has 2 aromatic carbocycles. The quantitative estimate of drug-likeness (QED) is 0.729. The van der Waals surface area contributed by atoms with Gasteiger partial charge in [0.15, 0.2) is 0 Å². The van der Waals surface area contributed by atoms with Crippen molar-refractivity contribution in [1.82, 2.24) is 10.1 Å². The molecule has 0 amide bonds. The van der Waals surface area contributed by atoms with Crippen molar-refractivity contribution in [1.29, 1.82) is 0 Å². The summed E-state index contributed by atoms with van der Waals surface area (Å²) in [6, 6.07) is 7.83. The van der Waals surface area contributed by atoms with Crippen LogP contribution in [0.3, 0.4) is 0 Å². The van der Waals surface area contributed by atoms with Crippen LogP contribution in [-0.4, -0.2) is 10.1 Å². The standard InChI is InChI=1S/C14H8ClF2N3O/c15-11-5-7(1-2-12(11)18)14-19-13(20-21-14)8-3-9(16)6-10(17)4-8/h1-6H,18H2. The van der Waals surface area contributed by atoms with Crippen LogP contribution in [0.5, 0.6) is 0 Å². The highest BCUT2D eigenvalue weighted by atomic mass is 35.5. The van der Waals surface area contributed by atoms with Crippen LogP contribution >= 0.6 is 11.6 Å². The van der Waals surface area contributed by atoms with Gasteiger partial charge in [0.05, 0.1) is 10.7 Å². The second kappa shape index (κ2) is 5.14. The Bertz CT molecular complexity index is 799. The third-order valence-corrected chi connectivity index (χ3v) is 3.12. The van der Waals surface area contributed by atoms with E-state index >= 15 is 0 Å². The Morgan fingerprint density at radius 3 is 2.38 bits per heavy atom. The van der Waals surface area contributed by atoms with Crippen molar-refractivity contribution in [3.05, 3.63) is 53.1 Å². The molecule has 106 valence electrons. The van der Waals surface area contributed by atoms with E-state index in [9.17, 15) is 8.78 Å². The van der Waals surface area contributed by atoms with Crippen molar-refractivity contribution in [2.45, 2.75) is 0 Å². The summed E-state index contributed by atoms with van der Waals surface area (Å²) in [6.07, 6.45) is 0. The highest BCUT2D eigenvalue weighted by Crippen LogP contribution is 2.28. The predicted molar refractivity (Wildman–Crippen MR) is 74.5 cm³/mol. The fraction of sp³-hybridized carbons (Fsp3) is 0. The number of halogens is 3. The van der Waals surface area contributed by atoms with Crippen molar-refractivity contribution in [2.24, 2.45) is 0 Å². The average molecular weight is 308 g/mol. The van der Waals surface area contributed by atoms with Crippen LogP contribution in [0.1, 0.15) is 0 Å². The van der Waals surface area contributed by atoms with E-state index in [1.165, 1.54) is 0 Å². The van der Waals surface area contributed by atoms with E-state index in [0.29, 0.717) is 16.3 Å². The minimum atomic E-state index is -0.716. The maximum Gasteiger partial charge on any atom is 0.258 e. The van der Waals surface area contributed by atoms with E-state index in [0.717, 1.165) is 18.2 Å². The fourth-order valence-corrected chi connectivity index (χ4v) is 1.98.